The molecule has 5 heteroatoms. The SMILES string of the molecule is CCOc1ccc(NC(=O)[C@](C)(OC)C2CC2)cc1C#N. The van der Waals surface area contributed by atoms with Gasteiger partial charge in [-0.25, -0.2) is 0 Å². The van der Waals surface area contributed by atoms with Gasteiger partial charge in [0.2, 0.25) is 0 Å². The number of nitrogens with one attached hydrogen (secondary N) is 1. The lowest BCUT2D eigenvalue weighted by atomic mass is 9.99. The highest BCUT2D eigenvalue weighted by molar-refractivity contribution is 5.97. The molecule has 1 atom stereocenters. The van der Waals surface area contributed by atoms with Crippen molar-refractivity contribution in [2.75, 3.05) is 19.0 Å². The summed E-state index contributed by atoms with van der Waals surface area (Å²) in [6.07, 6.45) is 2.01. The van der Waals surface area contributed by atoms with Crippen LogP contribution in [0.4, 0.5) is 5.69 Å². The minimum absolute atomic E-state index is 0.180. The van der Waals surface area contributed by atoms with Gasteiger partial charge in [-0.05, 0) is 50.8 Å². The van der Waals surface area contributed by atoms with E-state index in [2.05, 4.69) is 11.4 Å². The topological polar surface area (TPSA) is 71.3 Å². The number of carbonyl (C=O) groups excluding carboxylic acids is 1. The zero-order valence-electron chi connectivity index (χ0n) is 12.6. The predicted molar refractivity (Wildman–Crippen MR) is 79.1 cm³/mol. The molecule has 1 amide bonds. The number of carbonyl (C=O) groups is 1. The van der Waals surface area contributed by atoms with E-state index in [0.29, 0.717) is 23.6 Å². The molecule has 5 nitrogen and oxygen atoms in total. The van der Waals surface area contributed by atoms with Crippen LogP contribution >= 0.6 is 0 Å². The van der Waals surface area contributed by atoms with Crippen LogP contribution in [0.2, 0.25) is 0 Å². The van der Waals surface area contributed by atoms with Crippen molar-refractivity contribution in [3.05, 3.63) is 23.8 Å². The van der Waals surface area contributed by atoms with E-state index >= 15 is 0 Å². The van der Waals surface area contributed by atoms with Gasteiger partial charge in [0.25, 0.3) is 5.91 Å². The molecule has 0 unspecified atom stereocenters. The summed E-state index contributed by atoms with van der Waals surface area (Å²) in [4.78, 5) is 12.4. The van der Waals surface area contributed by atoms with Gasteiger partial charge in [-0.15, -0.1) is 0 Å². The molecule has 1 N–H and O–H groups in total. The van der Waals surface area contributed by atoms with Crippen molar-refractivity contribution < 1.29 is 14.3 Å². The largest absolute Gasteiger partial charge is 0.492 e. The maximum absolute atomic E-state index is 12.4. The number of methoxy groups -OCH3 is 1. The van der Waals surface area contributed by atoms with Gasteiger partial charge in [0.1, 0.15) is 17.4 Å². The normalized spacial score (nSPS) is 16.7. The van der Waals surface area contributed by atoms with Crippen molar-refractivity contribution in [3.8, 4) is 11.8 Å². The van der Waals surface area contributed by atoms with Gasteiger partial charge in [-0.1, -0.05) is 0 Å². The van der Waals surface area contributed by atoms with E-state index in [0.717, 1.165) is 12.8 Å². The number of benzene rings is 1. The van der Waals surface area contributed by atoms with Crippen LogP contribution in [-0.2, 0) is 9.53 Å². The zero-order valence-corrected chi connectivity index (χ0v) is 12.6. The summed E-state index contributed by atoms with van der Waals surface area (Å²) < 4.78 is 10.8. The van der Waals surface area contributed by atoms with E-state index in [9.17, 15) is 4.79 Å². The number of hydrogen-bond donors (Lipinski definition) is 1. The minimum Gasteiger partial charge on any atom is -0.492 e. The highest BCUT2D eigenvalue weighted by atomic mass is 16.5. The average Bonchev–Trinajstić information content (AvgIpc) is 3.33. The Morgan fingerprint density at radius 1 is 1.52 bits per heavy atom. The van der Waals surface area contributed by atoms with Crippen LogP contribution < -0.4 is 10.1 Å². The standard InChI is InChI=1S/C16H20N2O3/c1-4-21-14-8-7-13(9-11(14)10-17)18-15(19)16(2,20-3)12-5-6-12/h7-9,12H,4-6H2,1-3H3,(H,18,19)/t16-/m1/s1. The molecule has 1 aliphatic rings. The second kappa shape index (κ2) is 6.15. The number of hydrogen-bond acceptors (Lipinski definition) is 4. The molecule has 1 aromatic rings. The maximum atomic E-state index is 12.4. The lowest BCUT2D eigenvalue weighted by Crippen LogP contribution is -2.44. The molecule has 0 radical (unpaired) electrons. The van der Waals surface area contributed by atoms with E-state index in [1.54, 1.807) is 32.2 Å². The molecule has 112 valence electrons. The molecule has 2 rings (SSSR count). The number of nitriles is 1. The number of ether oxygens (including phenoxy) is 2. The molecule has 1 saturated carbocycles. The Morgan fingerprint density at radius 3 is 2.76 bits per heavy atom. The lowest BCUT2D eigenvalue weighted by Gasteiger charge is -2.26. The molecule has 0 saturated heterocycles. The molecule has 0 bridgehead atoms. The average molecular weight is 288 g/mol. The Hall–Kier alpha value is -2.06. The fraction of sp³-hybridized carbons (Fsp3) is 0.500. The molecule has 0 spiro atoms. The number of amides is 1. The van der Waals surface area contributed by atoms with Crippen LogP contribution in [0.1, 0.15) is 32.3 Å². The number of nitrogens with zero attached hydrogens (tertiary/aromatic N) is 1. The van der Waals surface area contributed by atoms with E-state index in [-0.39, 0.29) is 11.8 Å². The van der Waals surface area contributed by atoms with Crippen LogP contribution in [0, 0.1) is 17.2 Å². The monoisotopic (exact) mass is 288 g/mol. The van der Waals surface area contributed by atoms with Gasteiger partial charge in [0.05, 0.1) is 12.2 Å². The number of rotatable bonds is 6. The molecule has 21 heavy (non-hydrogen) atoms. The number of anilines is 1. The Morgan fingerprint density at radius 2 is 2.24 bits per heavy atom. The van der Waals surface area contributed by atoms with Crippen LogP contribution in [0.15, 0.2) is 18.2 Å². The van der Waals surface area contributed by atoms with Gasteiger partial charge in [0, 0.05) is 12.8 Å². The third-order valence-corrected chi connectivity index (χ3v) is 3.89. The molecule has 0 heterocycles. The first kappa shape index (κ1) is 15.3. The summed E-state index contributed by atoms with van der Waals surface area (Å²) >= 11 is 0. The third kappa shape index (κ3) is 3.17. The van der Waals surface area contributed by atoms with Gasteiger partial charge in [-0.3, -0.25) is 4.79 Å². The van der Waals surface area contributed by atoms with Gasteiger partial charge in [-0.2, -0.15) is 5.26 Å². The molecule has 1 fully saturated rings. The first-order valence-corrected chi connectivity index (χ1v) is 7.08. The van der Waals surface area contributed by atoms with E-state index < -0.39 is 5.60 Å². The fourth-order valence-electron chi connectivity index (χ4n) is 2.31. The highest BCUT2D eigenvalue weighted by Gasteiger charge is 2.47. The quantitative estimate of drug-likeness (QED) is 0.873. The second-order valence-corrected chi connectivity index (χ2v) is 5.30. The van der Waals surface area contributed by atoms with Crippen LogP contribution in [0.3, 0.4) is 0 Å². The van der Waals surface area contributed by atoms with Gasteiger partial charge in [0.15, 0.2) is 0 Å². The summed E-state index contributed by atoms with van der Waals surface area (Å²) in [5.74, 6) is 0.607. The zero-order chi connectivity index (χ0) is 15.5. The Kier molecular flexibility index (Phi) is 4.49. The van der Waals surface area contributed by atoms with Crippen molar-refractivity contribution in [2.45, 2.75) is 32.3 Å². The summed E-state index contributed by atoms with van der Waals surface area (Å²) in [5.41, 5.74) is 0.162. The predicted octanol–water partition coefficient (Wildman–Crippen LogP) is 2.71. The van der Waals surface area contributed by atoms with Crippen molar-refractivity contribution in [3.63, 3.8) is 0 Å². The van der Waals surface area contributed by atoms with Crippen LogP contribution in [-0.4, -0.2) is 25.2 Å². The second-order valence-electron chi connectivity index (χ2n) is 5.30. The van der Waals surface area contributed by atoms with Crippen molar-refractivity contribution in [1.29, 1.82) is 5.26 Å². The van der Waals surface area contributed by atoms with Crippen molar-refractivity contribution >= 4 is 11.6 Å². The lowest BCUT2D eigenvalue weighted by molar-refractivity contribution is -0.138. The Labute approximate surface area is 124 Å². The molecule has 1 aromatic carbocycles. The summed E-state index contributed by atoms with van der Waals surface area (Å²) in [6, 6.07) is 7.11. The van der Waals surface area contributed by atoms with Crippen LogP contribution in [0.5, 0.6) is 5.75 Å². The van der Waals surface area contributed by atoms with Gasteiger partial charge >= 0.3 is 0 Å². The van der Waals surface area contributed by atoms with Crippen LogP contribution in [0.25, 0.3) is 0 Å². The molecule has 0 aromatic heterocycles. The summed E-state index contributed by atoms with van der Waals surface area (Å²) in [5, 5.41) is 12.0. The van der Waals surface area contributed by atoms with Crippen molar-refractivity contribution in [1.82, 2.24) is 0 Å². The first-order chi connectivity index (χ1) is 10.0. The Balaban J connectivity index is 2.16. The first-order valence-electron chi connectivity index (χ1n) is 7.08. The fourth-order valence-corrected chi connectivity index (χ4v) is 2.31. The molecular formula is C16H20N2O3. The molecular weight excluding hydrogens is 268 g/mol. The maximum Gasteiger partial charge on any atom is 0.256 e. The third-order valence-electron chi connectivity index (χ3n) is 3.89. The van der Waals surface area contributed by atoms with E-state index in [4.69, 9.17) is 14.7 Å². The van der Waals surface area contributed by atoms with Crippen molar-refractivity contribution in [2.24, 2.45) is 5.92 Å². The summed E-state index contributed by atoms with van der Waals surface area (Å²) in [7, 11) is 1.55. The Bertz CT molecular complexity index is 575. The molecule has 0 aliphatic heterocycles. The van der Waals surface area contributed by atoms with E-state index in [1.807, 2.05) is 6.92 Å². The smallest absolute Gasteiger partial charge is 0.256 e. The van der Waals surface area contributed by atoms with E-state index in [1.165, 1.54) is 0 Å². The minimum atomic E-state index is -0.814. The van der Waals surface area contributed by atoms with Gasteiger partial charge < -0.3 is 14.8 Å². The summed E-state index contributed by atoms with van der Waals surface area (Å²) in [6.45, 7) is 4.15. The molecule has 1 aliphatic carbocycles. The highest BCUT2D eigenvalue weighted by Crippen LogP contribution is 2.42.